The van der Waals surface area contributed by atoms with Gasteiger partial charge in [-0.3, -0.25) is 4.79 Å². The normalized spacial score (nSPS) is 8.23. The van der Waals surface area contributed by atoms with Gasteiger partial charge in [-0.05, 0) is 24.3 Å². The second-order valence-electron chi connectivity index (χ2n) is 2.23. The standard InChI is InChI=1S/C8H9NO2.CH4O/c1-6(10)9-7-2-4-8(11)5-3-7;1-2/h2-5,11H,1H3,(H,9,10);2H,1H3. The van der Waals surface area contributed by atoms with Crippen LogP contribution in [0.5, 0.6) is 5.75 Å². The van der Waals surface area contributed by atoms with Gasteiger partial charge in [0.1, 0.15) is 5.75 Å². The molecule has 0 saturated carbocycles. The molecular formula is C9H13NO3. The third kappa shape index (κ3) is 4.81. The first-order chi connectivity index (χ1) is 6.18. The average Bonchev–Trinajstić information content (AvgIpc) is 2.12. The van der Waals surface area contributed by atoms with Gasteiger partial charge in [-0.25, -0.2) is 0 Å². The molecule has 4 nitrogen and oxygen atoms in total. The smallest absolute Gasteiger partial charge is 0.221 e. The third-order valence-corrected chi connectivity index (χ3v) is 1.19. The molecule has 1 amide bonds. The summed E-state index contributed by atoms with van der Waals surface area (Å²) in [4.78, 5) is 10.5. The maximum absolute atomic E-state index is 10.5. The van der Waals surface area contributed by atoms with E-state index in [2.05, 4.69) is 5.32 Å². The molecule has 13 heavy (non-hydrogen) atoms. The Morgan fingerprint density at radius 2 is 1.69 bits per heavy atom. The lowest BCUT2D eigenvalue weighted by Gasteiger charge is -1.99. The van der Waals surface area contributed by atoms with Gasteiger partial charge in [0.2, 0.25) is 5.91 Å². The summed E-state index contributed by atoms with van der Waals surface area (Å²) in [5.74, 6) is 0.0785. The number of carbonyl (C=O) groups is 1. The highest BCUT2D eigenvalue weighted by Gasteiger charge is 1.93. The number of aliphatic hydroxyl groups is 1. The van der Waals surface area contributed by atoms with Crippen LogP contribution in [0.2, 0.25) is 0 Å². The van der Waals surface area contributed by atoms with E-state index < -0.39 is 0 Å². The highest BCUT2D eigenvalue weighted by molar-refractivity contribution is 5.88. The van der Waals surface area contributed by atoms with Crippen LogP contribution in [0.1, 0.15) is 6.92 Å². The molecule has 0 heterocycles. The van der Waals surface area contributed by atoms with Crippen LogP contribution < -0.4 is 5.32 Å². The summed E-state index contributed by atoms with van der Waals surface area (Å²) in [6.07, 6.45) is 0. The predicted molar refractivity (Wildman–Crippen MR) is 50.6 cm³/mol. The zero-order chi connectivity index (χ0) is 10.3. The van der Waals surface area contributed by atoms with Crippen molar-refractivity contribution >= 4 is 11.6 Å². The number of benzene rings is 1. The molecule has 0 bridgehead atoms. The zero-order valence-corrected chi connectivity index (χ0v) is 7.61. The van der Waals surface area contributed by atoms with E-state index in [4.69, 9.17) is 10.2 Å². The fourth-order valence-electron chi connectivity index (χ4n) is 0.748. The molecule has 0 aliphatic rings. The Morgan fingerprint density at radius 1 is 1.23 bits per heavy atom. The number of nitrogens with one attached hydrogen (secondary N) is 1. The van der Waals surface area contributed by atoms with E-state index in [0.29, 0.717) is 5.69 Å². The largest absolute Gasteiger partial charge is 0.508 e. The van der Waals surface area contributed by atoms with E-state index in [1.807, 2.05) is 0 Å². The Bertz CT molecular complexity index is 256. The minimum atomic E-state index is -0.115. The summed E-state index contributed by atoms with van der Waals surface area (Å²) in [5.41, 5.74) is 0.690. The molecule has 0 aliphatic heterocycles. The molecule has 0 saturated heterocycles. The second kappa shape index (κ2) is 6.02. The molecule has 72 valence electrons. The number of anilines is 1. The van der Waals surface area contributed by atoms with Crippen LogP contribution in [0.3, 0.4) is 0 Å². The molecule has 0 fully saturated rings. The first kappa shape index (κ1) is 11.4. The lowest BCUT2D eigenvalue weighted by atomic mass is 10.3. The molecule has 1 rings (SSSR count). The summed E-state index contributed by atoms with van der Waals surface area (Å²) in [6, 6.07) is 6.31. The summed E-state index contributed by atoms with van der Waals surface area (Å²) in [5, 5.41) is 18.5. The number of amides is 1. The second-order valence-corrected chi connectivity index (χ2v) is 2.23. The maximum Gasteiger partial charge on any atom is 0.221 e. The van der Waals surface area contributed by atoms with Crippen LogP contribution in [-0.4, -0.2) is 23.2 Å². The topological polar surface area (TPSA) is 69.6 Å². The molecular weight excluding hydrogens is 170 g/mol. The minimum absolute atomic E-state index is 0.115. The molecule has 0 radical (unpaired) electrons. The minimum Gasteiger partial charge on any atom is -0.508 e. The van der Waals surface area contributed by atoms with Crippen LogP contribution in [-0.2, 0) is 4.79 Å². The van der Waals surface area contributed by atoms with Crippen LogP contribution >= 0.6 is 0 Å². The zero-order valence-electron chi connectivity index (χ0n) is 7.61. The van der Waals surface area contributed by atoms with Crippen molar-refractivity contribution in [3.8, 4) is 5.75 Å². The van der Waals surface area contributed by atoms with Gasteiger partial charge in [-0.15, -0.1) is 0 Å². The fraction of sp³-hybridized carbons (Fsp3) is 0.222. The lowest BCUT2D eigenvalue weighted by Crippen LogP contribution is -2.04. The number of hydrogen-bond donors (Lipinski definition) is 3. The number of aromatic hydroxyl groups is 1. The van der Waals surface area contributed by atoms with Crippen LogP contribution in [0, 0.1) is 0 Å². The number of phenols is 1. The molecule has 0 spiro atoms. The Morgan fingerprint density at radius 3 is 2.08 bits per heavy atom. The first-order valence-corrected chi connectivity index (χ1v) is 3.70. The van der Waals surface area contributed by atoms with E-state index in [9.17, 15) is 4.79 Å². The number of rotatable bonds is 1. The van der Waals surface area contributed by atoms with Crippen LogP contribution in [0.15, 0.2) is 24.3 Å². The Hall–Kier alpha value is -1.55. The molecule has 0 aliphatic carbocycles. The van der Waals surface area contributed by atoms with Gasteiger partial charge in [0.25, 0.3) is 0 Å². The third-order valence-electron chi connectivity index (χ3n) is 1.19. The van der Waals surface area contributed by atoms with Crippen molar-refractivity contribution in [2.75, 3.05) is 12.4 Å². The predicted octanol–water partition coefficient (Wildman–Crippen LogP) is 0.959. The van der Waals surface area contributed by atoms with Gasteiger partial charge in [-0.2, -0.15) is 0 Å². The van der Waals surface area contributed by atoms with E-state index in [1.165, 1.54) is 19.1 Å². The molecule has 4 heteroatoms. The summed E-state index contributed by atoms with van der Waals surface area (Å²) in [6.45, 7) is 1.44. The van der Waals surface area contributed by atoms with Crippen molar-refractivity contribution in [2.24, 2.45) is 0 Å². The number of aliphatic hydroxyl groups excluding tert-OH is 1. The van der Waals surface area contributed by atoms with E-state index in [1.54, 1.807) is 12.1 Å². The Labute approximate surface area is 76.8 Å². The van der Waals surface area contributed by atoms with Gasteiger partial charge in [0, 0.05) is 19.7 Å². The highest BCUT2D eigenvalue weighted by atomic mass is 16.3. The van der Waals surface area contributed by atoms with E-state index in [0.717, 1.165) is 7.11 Å². The maximum atomic E-state index is 10.5. The molecule has 0 unspecified atom stereocenters. The molecule has 0 atom stereocenters. The molecule has 3 N–H and O–H groups in total. The number of carbonyl (C=O) groups excluding carboxylic acids is 1. The lowest BCUT2D eigenvalue weighted by molar-refractivity contribution is -0.114. The Balaban J connectivity index is 0.000000671. The SMILES string of the molecule is CC(=O)Nc1ccc(O)cc1.CO. The quantitative estimate of drug-likeness (QED) is 0.568. The molecule has 0 aromatic heterocycles. The summed E-state index contributed by atoms with van der Waals surface area (Å²) >= 11 is 0. The average molecular weight is 183 g/mol. The van der Waals surface area contributed by atoms with Gasteiger partial charge in [0.15, 0.2) is 0 Å². The van der Waals surface area contributed by atoms with Gasteiger partial charge >= 0.3 is 0 Å². The van der Waals surface area contributed by atoms with Gasteiger partial charge in [0.05, 0.1) is 0 Å². The van der Waals surface area contributed by atoms with E-state index >= 15 is 0 Å². The van der Waals surface area contributed by atoms with Crippen molar-refractivity contribution in [3.05, 3.63) is 24.3 Å². The Kier molecular flexibility index (Phi) is 5.30. The van der Waals surface area contributed by atoms with Crippen LogP contribution in [0.25, 0.3) is 0 Å². The van der Waals surface area contributed by atoms with Crippen LogP contribution in [0.4, 0.5) is 5.69 Å². The van der Waals surface area contributed by atoms with Crippen molar-refractivity contribution in [3.63, 3.8) is 0 Å². The van der Waals surface area contributed by atoms with E-state index in [-0.39, 0.29) is 11.7 Å². The first-order valence-electron chi connectivity index (χ1n) is 3.70. The number of hydrogen-bond acceptors (Lipinski definition) is 3. The number of phenolic OH excluding ortho intramolecular Hbond substituents is 1. The molecule has 1 aromatic rings. The van der Waals surface area contributed by atoms with Crippen molar-refractivity contribution in [1.29, 1.82) is 0 Å². The summed E-state index contributed by atoms with van der Waals surface area (Å²) in [7, 11) is 1.00. The van der Waals surface area contributed by atoms with Crippen molar-refractivity contribution in [2.45, 2.75) is 6.92 Å². The monoisotopic (exact) mass is 183 g/mol. The summed E-state index contributed by atoms with van der Waals surface area (Å²) < 4.78 is 0. The van der Waals surface area contributed by atoms with Gasteiger partial charge in [-0.1, -0.05) is 0 Å². The fourth-order valence-corrected chi connectivity index (χ4v) is 0.748. The highest BCUT2D eigenvalue weighted by Crippen LogP contribution is 2.13. The van der Waals surface area contributed by atoms with Crippen molar-refractivity contribution < 1.29 is 15.0 Å². The molecule has 1 aromatic carbocycles. The van der Waals surface area contributed by atoms with Gasteiger partial charge < -0.3 is 15.5 Å². The van der Waals surface area contributed by atoms with Crippen molar-refractivity contribution in [1.82, 2.24) is 0 Å².